The standard InChI is InChI=1S/C12H19NO4/c1-8(14)13-10-4-5-12(13,7-16-2)6-9(10)11(15)17-3/h9-10H,4-7H2,1-3H3/t9-,10-,12+/m1/s1. The molecule has 2 aliphatic rings. The third-order valence-electron chi connectivity index (χ3n) is 4.07. The monoisotopic (exact) mass is 241 g/mol. The fourth-order valence-electron chi connectivity index (χ4n) is 3.57. The highest BCUT2D eigenvalue weighted by molar-refractivity contribution is 5.80. The molecule has 2 heterocycles. The molecule has 2 saturated heterocycles. The Hall–Kier alpha value is -1.10. The molecule has 1 amide bonds. The number of ether oxygens (including phenoxy) is 2. The number of fused-ring (bicyclic) bond motifs is 2. The topological polar surface area (TPSA) is 55.8 Å². The first-order chi connectivity index (χ1) is 8.05. The van der Waals surface area contributed by atoms with Gasteiger partial charge in [0.25, 0.3) is 0 Å². The largest absolute Gasteiger partial charge is 0.469 e. The van der Waals surface area contributed by atoms with Crippen molar-refractivity contribution in [3.8, 4) is 0 Å². The van der Waals surface area contributed by atoms with Crippen LogP contribution in [0.3, 0.4) is 0 Å². The quantitative estimate of drug-likeness (QED) is 0.678. The Morgan fingerprint density at radius 3 is 2.65 bits per heavy atom. The molecular formula is C12H19NO4. The predicted molar refractivity (Wildman–Crippen MR) is 60.3 cm³/mol. The second kappa shape index (κ2) is 4.29. The molecule has 0 aromatic rings. The molecule has 0 saturated carbocycles. The van der Waals surface area contributed by atoms with Gasteiger partial charge >= 0.3 is 5.97 Å². The van der Waals surface area contributed by atoms with Crippen LogP contribution in [0.5, 0.6) is 0 Å². The highest BCUT2D eigenvalue weighted by Gasteiger charge is 2.59. The van der Waals surface area contributed by atoms with Gasteiger partial charge in [0.15, 0.2) is 0 Å². The van der Waals surface area contributed by atoms with E-state index in [2.05, 4.69) is 0 Å². The Labute approximate surface area is 101 Å². The van der Waals surface area contributed by atoms with Crippen LogP contribution in [0.4, 0.5) is 0 Å². The average molecular weight is 241 g/mol. The molecule has 2 rings (SSSR count). The number of nitrogens with zero attached hydrogens (tertiary/aromatic N) is 1. The van der Waals surface area contributed by atoms with Crippen molar-refractivity contribution in [2.45, 2.75) is 37.8 Å². The van der Waals surface area contributed by atoms with E-state index in [0.29, 0.717) is 13.0 Å². The van der Waals surface area contributed by atoms with E-state index in [4.69, 9.17) is 9.47 Å². The summed E-state index contributed by atoms with van der Waals surface area (Å²) in [6.07, 6.45) is 2.44. The number of esters is 1. The van der Waals surface area contributed by atoms with Gasteiger partial charge in [-0.2, -0.15) is 0 Å². The number of methoxy groups -OCH3 is 2. The lowest BCUT2D eigenvalue weighted by Gasteiger charge is -2.33. The summed E-state index contributed by atoms with van der Waals surface area (Å²) in [4.78, 5) is 25.3. The van der Waals surface area contributed by atoms with Crippen molar-refractivity contribution in [3.63, 3.8) is 0 Å². The molecule has 17 heavy (non-hydrogen) atoms. The van der Waals surface area contributed by atoms with Crippen LogP contribution in [0.15, 0.2) is 0 Å². The molecule has 96 valence electrons. The van der Waals surface area contributed by atoms with Crippen molar-refractivity contribution in [3.05, 3.63) is 0 Å². The maximum atomic E-state index is 11.8. The van der Waals surface area contributed by atoms with E-state index in [0.717, 1.165) is 12.8 Å². The summed E-state index contributed by atoms with van der Waals surface area (Å²) < 4.78 is 10.1. The van der Waals surface area contributed by atoms with Crippen LogP contribution in [0, 0.1) is 5.92 Å². The second-order valence-corrected chi connectivity index (χ2v) is 4.99. The Morgan fingerprint density at radius 2 is 2.12 bits per heavy atom. The van der Waals surface area contributed by atoms with Gasteiger partial charge in [0.2, 0.25) is 5.91 Å². The highest BCUT2D eigenvalue weighted by Crippen LogP contribution is 2.50. The van der Waals surface area contributed by atoms with Crippen molar-refractivity contribution >= 4 is 11.9 Å². The zero-order valence-corrected chi connectivity index (χ0v) is 10.6. The summed E-state index contributed by atoms with van der Waals surface area (Å²) >= 11 is 0. The molecule has 2 fully saturated rings. The summed E-state index contributed by atoms with van der Waals surface area (Å²) in [6, 6.07) is -0.00454. The van der Waals surface area contributed by atoms with E-state index in [-0.39, 0.29) is 29.4 Å². The fraction of sp³-hybridized carbons (Fsp3) is 0.833. The Balaban J connectivity index is 2.27. The van der Waals surface area contributed by atoms with Gasteiger partial charge in [-0.1, -0.05) is 0 Å². The molecule has 2 aliphatic heterocycles. The number of hydrogen-bond acceptors (Lipinski definition) is 4. The molecule has 5 nitrogen and oxygen atoms in total. The number of amides is 1. The fourth-order valence-corrected chi connectivity index (χ4v) is 3.57. The van der Waals surface area contributed by atoms with Crippen LogP contribution in [-0.2, 0) is 19.1 Å². The van der Waals surface area contributed by atoms with Crippen LogP contribution >= 0.6 is 0 Å². The van der Waals surface area contributed by atoms with E-state index >= 15 is 0 Å². The third-order valence-corrected chi connectivity index (χ3v) is 4.07. The lowest BCUT2D eigenvalue weighted by molar-refractivity contribution is -0.146. The van der Waals surface area contributed by atoms with E-state index < -0.39 is 0 Å². The highest BCUT2D eigenvalue weighted by atomic mass is 16.5. The van der Waals surface area contributed by atoms with Crippen LogP contribution in [0.25, 0.3) is 0 Å². The first-order valence-electron chi connectivity index (χ1n) is 5.92. The minimum Gasteiger partial charge on any atom is -0.469 e. The van der Waals surface area contributed by atoms with Gasteiger partial charge in [-0.3, -0.25) is 9.59 Å². The molecule has 3 atom stereocenters. The first kappa shape index (κ1) is 12.4. The van der Waals surface area contributed by atoms with Gasteiger partial charge in [0, 0.05) is 20.1 Å². The van der Waals surface area contributed by atoms with E-state index in [1.165, 1.54) is 7.11 Å². The van der Waals surface area contributed by atoms with Gasteiger partial charge in [-0.15, -0.1) is 0 Å². The van der Waals surface area contributed by atoms with Crippen molar-refractivity contribution < 1.29 is 19.1 Å². The van der Waals surface area contributed by atoms with E-state index in [9.17, 15) is 9.59 Å². The van der Waals surface area contributed by atoms with E-state index in [1.807, 2.05) is 4.90 Å². The zero-order valence-electron chi connectivity index (χ0n) is 10.6. The maximum Gasteiger partial charge on any atom is 0.310 e. The summed E-state index contributed by atoms with van der Waals surface area (Å²) in [5, 5.41) is 0. The normalized spacial score (nSPS) is 35.1. The van der Waals surface area contributed by atoms with Crippen LogP contribution in [0.1, 0.15) is 26.2 Å². The minimum atomic E-state index is -0.288. The summed E-state index contributed by atoms with van der Waals surface area (Å²) in [5.74, 6) is -0.373. The smallest absolute Gasteiger partial charge is 0.310 e. The van der Waals surface area contributed by atoms with Gasteiger partial charge in [-0.25, -0.2) is 0 Å². The number of hydrogen-bond donors (Lipinski definition) is 0. The van der Waals surface area contributed by atoms with Crippen molar-refractivity contribution in [2.75, 3.05) is 20.8 Å². The van der Waals surface area contributed by atoms with Crippen molar-refractivity contribution in [1.82, 2.24) is 4.90 Å². The molecule has 0 unspecified atom stereocenters. The van der Waals surface area contributed by atoms with Crippen molar-refractivity contribution in [1.29, 1.82) is 0 Å². The summed E-state index contributed by atoms with van der Waals surface area (Å²) in [6.45, 7) is 2.05. The molecule has 5 heteroatoms. The Bertz CT molecular complexity index is 343. The van der Waals surface area contributed by atoms with Gasteiger partial charge in [0.1, 0.15) is 0 Å². The van der Waals surface area contributed by atoms with Crippen LogP contribution in [-0.4, -0.2) is 49.2 Å². The molecular weight excluding hydrogens is 222 g/mol. The van der Waals surface area contributed by atoms with Gasteiger partial charge in [0.05, 0.1) is 25.2 Å². The summed E-state index contributed by atoms with van der Waals surface area (Å²) in [7, 11) is 3.03. The Morgan fingerprint density at radius 1 is 1.41 bits per heavy atom. The Kier molecular flexibility index (Phi) is 3.12. The van der Waals surface area contributed by atoms with Crippen LogP contribution in [0.2, 0.25) is 0 Å². The molecule has 2 bridgehead atoms. The number of carbonyl (C=O) groups is 2. The number of carbonyl (C=O) groups excluding carboxylic acids is 2. The average Bonchev–Trinajstić information content (AvgIpc) is 2.80. The number of rotatable bonds is 3. The van der Waals surface area contributed by atoms with E-state index in [1.54, 1.807) is 14.0 Å². The van der Waals surface area contributed by atoms with Gasteiger partial charge in [-0.05, 0) is 19.3 Å². The first-order valence-corrected chi connectivity index (χ1v) is 5.92. The molecule has 0 aromatic carbocycles. The lowest BCUT2D eigenvalue weighted by atomic mass is 9.81. The molecule has 0 spiro atoms. The third kappa shape index (κ3) is 1.73. The SMILES string of the molecule is COC[C@]12CC[C@H]([C@H](C(=O)OC)C1)N2C(C)=O. The van der Waals surface area contributed by atoms with Gasteiger partial charge < -0.3 is 14.4 Å². The molecule has 0 aliphatic carbocycles. The van der Waals surface area contributed by atoms with Crippen LogP contribution < -0.4 is 0 Å². The lowest BCUT2D eigenvalue weighted by Crippen LogP contribution is -2.47. The zero-order chi connectivity index (χ0) is 12.6. The summed E-state index contributed by atoms with van der Waals surface area (Å²) in [5.41, 5.74) is -0.288. The molecule has 0 radical (unpaired) electrons. The predicted octanol–water partition coefficient (Wildman–Crippen LogP) is 0.575. The molecule has 0 N–H and O–H groups in total. The van der Waals surface area contributed by atoms with Crippen molar-refractivity contribution in [2.24, 2.45) is 5.92 Å². The maximum absolute atomic E-state index is 11.8. The second-order valence-electron chi connectivity index (χ2n) is 4.99. The minimum absolute atomic E-state index is 0.00454. The molecule has 0 aromatic heterocycles.